The summed E-state index contributed by atoms with van der Waals surface area (Å²) < 4.78 is 4.02. The van der Waals surface area contributed by atoms with E-state index in [0.29, 0.717) is 11.5 Å². The predicted molar refractivity (Wildman–Crippen MR) is 170 cm³/mol. The lowest BCUT2D eigenvalue weighted by Gasteiger charge is -2.08. The standard InChI is InChI=1S/C30H22N4O2S4/c35-27(17-37-29-33-23-5-1-3-7-25(23)39-29)31-21-13-9-19(10-14-21)20-11-15-22(16-12-20)32-28(36)18-38-30-34-24-6-2-4-8-26(24)40-30/h1-16H,17-18H2,(H,31,35)(H,32,36). The van der Waals surface area contributed by atoms with Crippen LogP contribution in [0.2, 0.25) is 0 Å². The van der Waals surface area contributed by atoms with Crippen LogP contribution in [-0.2, 0) is 9.59 Å². The van der Waals surface area contributed by atoms with Crippen molar-refractivity contribution in [3.63, 3.8) is 0 Å². The third-order valence-corrected chi connectivity index (χ3v) is 10.2. The van der Waals surface area contributed by atoms with Gasteiger partial charge in [0.05, 0.1) is 31.9 Å². The maximum atomic E-state index is 12.5. The molecule has 0 aliphatic heterocycles. The summed E-state index contributed by atoms with van der Waals surface area (Å²) in [6, 6.07) is 31.4. The number of aromatic nitrogens is 2. The fraction of sp³-hybridized carbons (Fsp3) is 0.0667. The summed E-state index contributed by atoms with van der Waals surface area (Å²) in [7, 11) is 0. The largest absolute Gasteiger partial charge is 0.325 e. The molecule has 6 rings (SSSR count). The summed E-state index contributed by atoms with van der Waals surface area (Å²) >= 11 is 6.08. The highest BCUT2D eigenvalue weighted by atomic mass is 32.2. The topological polar surface area (TPSA) is 84.0 Å². The normalized spacial score (nSPS) is 11.1. The Morgan fingerprint density at radius 1 is 0.575 bits per heavy atom. The maximum absolute atomic E-state index is 12.5. The van der Waals surface area contributed by atoms with Crippen molar-refractivity contribution in [2.75, 3.05) is 22.1 Å². The van der Waals surface area contributed by atoms with E-state index in [1.807, 2.05) is 97.1 Å². The third-order valence-electron chi connectivity index (χ3n) is 5.87. The summed E-state index contributed by atoms with van der Waals surface area (Å²) in [4.78, 5) is 34.0. The molecule has 6 nitrogen and oxygen atoms in total. The van der Waals surface area contributed by atoms with Gasteiger partial charge in [0.1, 0.15) is 0 Å². The summed E-state index contributed by atoms with van der Waals surface area (Å²) in [5.41, 5.74) is 5.44. The second-order valence-corrected chi connectivity index (χ2v) is 13.2. The molecule has 0 bridgehead atoms. The van der Waals surface area contributed by atoms with Gasteiger partial charge in [0.15, 0.2) is 8.68 Å². The highest BCUT2D eigenvalue weighted by molar-refractivity contribution is 8.02. The smallest absolute Gasteiger partial charge is 0.234 e. The first-order valence-corrected chi connectivity index (χ1v) is 16.0. The van der Waals surface area contributed by atoms with E-state index in [2.05, 4.69) is 20.6 Å². The Morgan fingerprint density at radius 2 is 0.975 bits per heavy atom. The molecule has 0 atom stereocenters. The molecule has 40 heavy (non-hydrogen) atoms. The molecule has 0 radical (unpaired) electrons. The van der Waals surface area contributed by atoms with Crippen LogP contribution in [0.1, 0.15) is 0 Å². The van der Waals surface area contributed by atoms with Crippen LogP contribution in [0, 0.1) is 0 Å². The number of carbonyl (C=O) groups excluding carboxylic acids is 2. The molecule has 0 fully saturated rings. The molecule has 0 unspecified atom stereocenters. The van der Waals surface area contributed by atoms with E-state index in [1.165, 1.54) is 23.5 Å². The zero-order valence-corrected chi connectivity index (χ0v) is 24.3. The SMILES string of the molecule is O=C(CSc1nc2ccccc2s1)Nc1ccc(-c2ccc(NC(=O)CSc3nc4ccccc4s3)cc2)cc1. The summed E-state index contributed by atoms with van der Waals surface area (Å²) in [5.74, 6) is 0.457. The van der Waals surface area contributed by atoms with Crippen LogP contribution in [0.5, 0.6) is 0 Å². The summed E-state index contributed by atoms with van der Waals surface area (Å²) in [5, 5.41) is 5.90. The Bertz CT molecular complexity index is 1600. The number of nitrogens with one attached hydrogen (secondary N) is 2. The Balaban J connectivity index is 0.982. The lowest BCUT2D eigenvalue weighted by molar-refractivity contribution is -0.114. The minimum Gasteiger partial charge on any atom is -0.325 e. The molecule has 6 aromatic rings. The van der Waals surface area contributed by atoms with Crippen LogP contribution in [0.25, 0.3) is 31.6 Å². The van der Waals surface area contributed by atoms with Crippen LogP contribution in [0.3, 0.4) is 0 Å². The molecule has 2 N–H and O–H groups in total. The first kappa shape index (κ1) is 26.5. The maximum Gasteiger partial charge on any atom is 0.234 e. The molecular weight excluding hydrogens is 577 g/mol. The lowest BCUT2D eigenvalue weighted by atomic mass is 10.0. The number of amides is 2. The molecular formula is C30H22N4O2S4. The van der Waals surface area contributed by atoms with E-state index in [9.17, 15) is 9.59 Å². The molecule has 4 aromatic carbocycles. The van der Waals surface area contributed by atoms with E-state index in [0.717, 1.165) is 51.6 Å². The second kappa shape index (κ2) is 12.2. The van der Waals surface area contributed by atoms with Crippen LogP contribution in [0.4, 0.5) is 11.4 Å². The highest BCUT2D eigenvalue weighted by Crippen LogP contribution is 2.31. The number of thioether (sulfide) groups is 2. The second-order valence-electron chi connectivity index (χ2n) is 8.72. The predicted octanol–water partition coefficient (Wildman–Crippen LogP) is 8.03. The van der Waals surface area contributed by atoms with Gasteiger partial charge in [0.2, 0.25) is 11.8 Å². The van der Waals surface area contributed by atoms with Crippen molar-refractivity contribution in [1.82, 2.24) is 9.97 Å². The molecule has 0 saturated heterocycles. The van der Waals surface area contributed by atoms with Crippen LogP contribution in [-0.4, -0.2) is 33.3 Å². The van der Waals surface area contributed by atoms with E-state index < -0.39 is 0 Å². The summed E-state index contributed by atoms with van der Waals surface area (Å²) in [6.07, 6.45) is 0. The number of hydrogen-bond acceptors (Lipinski definition) is 8. The first-order chi connectivity index (χ1) is 19.6. The summed E-state index contributed by atoms with van der Waals surface area (Å²) in [6.45, 7) is 0. The van der Waals surface area contributed by atoms with Crippen molar-refractivity contribution in [3.8, 4) is 11.1 Å². The van der Waals surface area contributed by atoms with Crippen molar-refractivity contribution in [2.45, 2.75) is 8.68 Å². The fourth-order valence-corrected chi connectivity index (χ4v) is 7.70. The number of benzene rings is 4. The average molecular weight is 599 g/mol. The molecule has 2 heterocycles. The monoisotopic (exact) mass is 598 g/mol. The van der Waals surface area contributed by atoms with Gasteiger partial charge in [-0.1, -0.05) is 72.1 Å². The van der Waals surface area contributed by atoms with E-state index in [1.54, 1.807) is 22.7 Å². The first-order valence-electron chi connectivity index (χ1n) is 12.4. The number of thiazole rings is 2. The minimum atomic E-state index is -0.0709. The molecule has 0 aliphatic rings. The Kier molecular flexibility index (Phi) is 8.10. The number of rotatable bonds is 9. The van der Waals surface area contributed by atoms with Crippen molar-refractivity contribution >= 4 is 89.8 Å². The van der Waals surface area contributed by atoms with Gasteiger partial charge in [-0.05, 0) is 59.7 Å². The van der Waals surface area contributed by atoms with Crippen molar-refractivity contribution in [2.24, 2.45) is 0 Å². The zero-order chi connectivity index (χ0) is 27.3. The number of para-hydroxylation sites is 2. The molecule has 0 aliphatic carbocycles. The van der Waals surface area contributed by atoms with Crippen molar-refractivity contribution in [3.05, 3.63) is 97.1 Å². The molecule has 0 saturated carbocycles. The van der Waals surface area contributed by atoms with Crippen molar-refractivity contribution in [1.29, 1.82) is 0 Å². The molecule has 2 aromatic heterocycles. The number of hydrogen-bond donors (Lipinski definition) is 2. The van der Waals surface area contributed by atoms with Crippen LogP contribution >= 0.6 is 46.2 Å². The van der Waals surface area contributed by atoms with Gasteiger partial charge in [-0.3, -0.25) is 9.59 Å². The Hall–Kier alpha value is -3.70. The van der Waals surface area contributed by atoms with Crippen LogP contribution in [0.15, 0.2) is 106 Å². The van der Waals surface area contributed by atoms with Crippen LogP contribution < -0.4 is 10.6 Å². The minimum absolute atomic E-state index is 0.0709. The third kappa shape index (κ3) is 6.53. The molecule has 2 amide bonds. The molecule has 10 heteroatoms. The average Bonchev–Trinajstić information content (AvgIpc) is 3.59. The van der Waals surface area contributed by atoms with Gasteiger partial charge in [-0.25, -0.2) is 9.97 Å². The Morgan fingerprint density at radius 3 is 1.38 bits per heavy atom. The van der Waals surface area contributed by atoms with Gasteiger partial charge >= 0.3 is 0 Å². The highest BCUT2D eigenvalue weighted by Gasteiger charge is 2.10. The number of carbonyl (C=O) groups is 2. The van der Waals surface area contributed by atoms with E-state index in [-0.39, 0.29) is 11.8 Å². The van der Waals surface area contributed by atoms with Gasteiger partial charge < -0.3 is 10.6 Å². The van der Waals surface area contributed by atoms with E-state index in [4.69, 9.17) is 0 Å². The number of anilines is 2. The molecule has 0 spiro atoms. The fourth-order valence-electron chi connectivity index (χ4n) is 3.97. The quantitative estimate of drug-likeness (QED) is 0.164. The number of fused-ring (bicyclic) bond motifs is 2. The Labute approximate surface area is 247 Å². The van der Waals surface area contributed by atoms with Gasteiger partial charge in [-0.15, -0.1) is 22.7 Å². The van der Waals surface area contributed by atoms with Gasteiger partial charge in [-0.2, -0.15) is 0 Å². The van der Waals surface area contributed by atoms with E-state index >= 15 is 0 Å². The molecule has 198 valence electrons. The van der Waals surface area contributed by atoms with Crippen molar-refractivity contribution < 1.29 is 9.59 Å². The number of nitrogens with zero attached hydrogens (tertiary/aromatic N) is 2. The van der Waals surface area contributed by atoms with Gasteiger partial charge in [0, 0.05) is 11.4 Å². The van der Waals surface area contributed by atoms with Gasteiger partial charge in [0.25, 0.3) is 0 Å². The lowest BCUT2D eigenvalue weighted by Crippen LogP contribution is -2.14. The zero-order valence-electron chi connectivity index (χ0n) is 21.0.